The maximum absolute atomic E-state index is 13.9. The zero-order valence-corrected chi connectivity index (χ0v) is 17.6. The van der Waals surface area contributed by atoms with Gasteiger partial charge in [-0.1, -0.05) is 44.2 Å². The molecule has 29 heavy (non-hydrogen) atoms. The summed E-state index contributed by atoms with van der Waals surface area (Å²) in [7, 11) is 0. The fourth-order valence-electron chi connectivity index (χ4n) is 5.68. The van der Waals surface area contributed by atoms with Gasteiger partial charge in [-0.2, -0.15) is 5.26 Å². The largest absolute Gasteiger partial charge is 0.216 e. The summed E-state index contributed by atoms with van der Waals surface area (Å²) in [5.74, 6) is 2.73. The van der Waals surface area contributed by atoms with Crippen LogP contribution in [0.15, 0.2) is 30.6 Å². The Morgan fingerprint density at radius 2 is 1.62 bits per heavy atom. The summed E-state index contributed by atoms with van der Waals surface area (Å²) in [6, 6.07) is 7.08. The number of unbranched alkanes of at least 4 members (excludes halogenated alkanes) is 3. The molecule has 0 aliphatic heterocycles. The van der Waals surface area contributed by atoms with Crippen molar-refractivity contribution in [2.45, 2.75) is 89.4 Å². The number of hydrogen-bond acceptors (Lipinski definition) is 1. The Kier molecular flexibility index (Phi) is 8.71. The molecule has 3 rings (SSSR count). The Balaban J connectivity index is 1.36. The lowest BCUT2D eigenvalue weighted by Gasteiger charge is -2.38. The van der Waals surface area contributed by atoms with Crippen molar-refractivity contribution in [2.75, 3.05) is 0 Å². The van der Waals surface area contributed by atoms with Gasteiger partial charge in [-0.05, 0) is 92.7 Å². The van der Waals surface area contributed by atoms with Crippen LogP contribution in [-0.2, 0) is 0 Å². The van der Waals surface area contributed by atoms with Gasteiger partial charge < -0.3 is 0 Å². The van der Waals surface area contributed by atoms with Crippen molar-refractivity contribution in [3.8, 4) is 6.07 Å². The number of benzene rings is 1. The Morgan fingerprint density at radius 1 is 0.931 bits per heavy atom. The van der Waals surface area contributed by atoms with Gasteiger partial charge in [0.15, 0.2) is 0 Å². The summed E-state index contributed by atoms with van der Waals surface area (Å²) in [6.45, 7) is 0. The Bertz CT molecular complexity index is 689. The van der Waals surface area contributed by atoms with Crippen molar-refractivity contribution in [3.05, 3.63) is 47.5 Å². The smallest absolute Gasteiger partial charge is 0.141 e. The normalized spacial score (nSPS) is 27.8. The number of nitriles is 1. The van der Waals surface area contributed by atoms with E-state index in [1.54, 1.807) is 18.2 Å². The highest BCUT2D eigenvalue weighted by Gasteiger charge is 2.31. The molecule has 2 saturated carbocycles. The van der Waals surface area contributed by atoms with E-state index in [1.165, 1.54) is 57.8 Å². The van der Waals surface area contributed by atoms with E-state index in [0.29, 0.717) is 12.2 Å². The van der Waals surface area contributed by atoms with Crippen LogP contribution in [0.5, 0.6) is 0 Å². The monoisotopic (exact) mass is 399 g/mol. The van der Waals surface area contributed by atoms with E-state index in [-0.39, 0.29) is 11.4 Å². The van der Waals surface area contributed by atoms with Gasteiger partial charge in [0, 0.05) is 0 Å². The summed E-state index contributed by atoms with van der Waals surface area (Å²) in [6.07, 6.45) is 18.5. The Morgan fingerprint density at radius 3 is 2.24 bits per heavy atom. The van der Waals surface area contributed by atoms with Crippen molar-refractivity contribution in [2.24, 2.45) is 17.8 Å². The number of nitrogens with zero attached hydrogens (tertiary/aromatic N) is 1. The molecule has 0 spiro atoms. The standard InChI is InChI=1S/C26H35F2N/c27-17-5-3-1-2-4-6-20-7-9-21(10-8-20)22-11-13-23(14-12-22)24-15-16-25(19-29)26(28)18-24/h5,15-18,20-23H,1-4,6-14H2/b17-5+. The van der Waals surface area contributed by atoms with E-state index in [0.717, 1.165) is 49.0 Å². The lowest BCUT2D eigenvalue weighted by atomic mass is 9.68. The minimum atomic E-state index is -0.371. The third-order valence-electron chi connectivity index (χ3n) is 7.49. The van der Waals surface area contributed by atoms with Crippen LogP contribution in [0.2, 0.25) is 0 Å². The average Bonchev–Trinajstić information content (AvgIpc) is 2.77. The first-order valence-electron chi connectivity index (χ1n) is 11.7. The number of allylic oxidation sites excluding steroid dienone is 1. The van der Waals surface area contributed by atoms with Gasteiger partial charge in [-0.3, -0.25) is 0 Å². The van der Waals surface area contributed by atoms with E-state index < -0.39 is 0 Å². The molecule has 2 fully saturated rings. The van der Waals surface area contributed by atoms with Crippen LogP contribution < -0.4 is 0 Å². The highest BCUT2D eigenvalue weighted by atomic mass is 19.1. The topological polar surface area (TPSA) is 23.8 Å². The van der Waals surface area contributed by atoms with Gasteiger partial charge in [0.05, 0.1) is 11.9 Å². The summed E-state index contributed by atoms with van der Waals surface area (Å²) in [5.41, 5.74) is 1.22. The first kappa shape index (κ1) is 22.0. The molecular weight excluding hydrogens is 364 g/mol. The first-order chi connectivity index (χ1) is 14.2. The van der Waals surface area contributed by atoms with Crippen molar-refractivity contribution >= 4 is 0 Å². The molecule has 158 valence electrons. The molecule has 0 aromatic heterocycles. The summed E-state index contributed by atoms with van der Waals surface area (Å²) in [4.78, 5) is 0. The fraction of sp³-hybridized carbons (Fsp3) is 0.654. The SMILES string of the molecule is N#Cc1ccc(C2CCC(C3CCC(CCCCC/C=C/F)CC3)CC2)cc1F. The molecule has 0 unspecified atom stereocenters. The molecule has 2 aliphatic rings. The molecule has 0 heterocycles. The predicted octanol–water partition coefficient (Wildman–Crippen LogP) is 8.21. The quantitative estimate of drug-likeness (QED) is 0.404. The van der Waals surface area contributed by atoms with Crippen LogP contribution in [0.4, 0.5) is 8.78 Å². The molecule has 3 heteroatoms. The lowest BCUT2D eigenvalue weighted by molar-refractivity contribution is 0.155. The van der Waals surface area contributed by atoms with Crippen LogP contribution in [0, 0.1) is 34.9 Å². The van der Waals surface area contributed by atoms with E-state index in [9.17, 15) is 8.78 Å². The Labute approximate surface area is 175 Å². The first-order valence-corrected chi connectivity index (χ1v) is 11.7. The number of hydrogen-bond donors (Lipinski definition) is 0. The predicted molar refractivity (Wildman–Crippen MR) is 115 cm³/mol. The third-order valence-corrected chi connectivity index (χ3v) is 7.49. The summed E-state index contributed by atoms with van der Waals surface area (Å²) in [5, 5.41) is 8.90. The van der Waals surface area contributed by atoms with Crippen LogP contribution in [0.3, 0.4) is 0 Å². The summed E-state index contributed by atoms with van der Waals surface area (Å²) >= 11 is 0. The van der Waals surface area contributed by atoms with Crippen molar-refractivity contribution in [3.63, 3.8) is 0 Å². The van der Waals surface area contributed by atoms with Crippen LogP contribution in [-0.4, -0.2) is 0 Å². The molecular formula is C26H35F2N. The Hall–Kier alpha value is -1.69. The van der Waals surface area contributed by atoms with Crippen LogP contribution in [0.25, 0.3) is 0 Å². The lowest BCUT2D eigenvalue weighted by Crippen LogP contribution is -2.25. The van der Waals surface area contributed by atoms with Gasteiger partial charge in [0.1, 0.15) is 11.9 Å². The molecule has 0 amide bonds. The highest BCUT2D eigenvalue weighted by Crippen LogP contribution is 2.44. The molecule has 0 N–H and O–H groups in total. The fourth-order valence-corrected chi connectivity index (χ4v) is 5.68. The molecule has 1 aromatic rings. The van der Waals surface area contributed by atoms with Crippen molar-refractivity contribution < 1.29 is 8.78 Å². The molecule has 0 bridgehead atoms. The van der Waals surface area contributed by atoms with Crippen LogP contribution >= 0.6 is 0 Å². The molecule has 1 aromatic carbocycles. The molecule has 0 atom stereocenters. The van der Waals surface area contributed by atoms with Crippen molar-refractivity contribution in [1.82, 2.24) is 0 Å². The van der Waals surface area contributed by atoms with E-state index >= 15 is 0 Å². The second-order valence-electron chi connectivity index (χ2n) is 9.24. The molecule has 0 radical (unpaired) electrons. The maximum atomic E-state index is 13.9. The van der Waals surface area contributed by atoms with Crippen molar-refractivity contribution in [1.29, 1.82) is 5.26 Å². The van der Waals surface area contributed by atoms with Gasteiger partial charge in [-0.15, -0.1) is 0 Å². The maximum Gasteiger partial charge on any atom is 0.141 e. The van der Waals surface area contributed by atoms with Crippen LogP contribution in [0.1, 0.15) is 101 Å². The van der Waals surface area contributed by atoms with E-state index in [1.807, 2.05) is 12.1 Å². The molecule has 1 nitrogen and oxygen atoms in total. The number of halogens is 2. The highest BCUT2D eigenvalue weighted by molar-refractivity contribution is 5.34. The third kappa shape index (κ3) is 6.39. The molecule has 0 saturated heterocycles. The van der Waals surface area contributed by atoms with E-state index in [2.05, 4.69) is 0 Å². The molecule has 2 aliphatic carbocycles. The zero-order valence-electron chi connectivity index (χ0n) is 17.6. The minimum Gasteiger partial charge on any atom is -0.216 e. The van der Waals surface area contributed by atoms with Gasteiger partial charge in [0.2, 0.25) is 0 Å². The van der Waals surface area contributed by atoms with Gasteiger partial charge >= 0.3 is 0 Å². The minimum absolute atomic E-state index is 0.149. The zero-order chi connectivity index (χ0) is 20.5. The number of rotatable bonds is 8. The second kappa shape index (κ2) is 11.5. The van der Waals surface area contributed by atoms with E-state index in [4.69, 9.17) is 5.26 Å². The van der Waals surface area contributed by atoms with Gasteiger partial charge in [-0.25, -0.2) is 8.78 Å². The summed E-state index contributed by atoms with van der Waals surface area (Å²) < 4.78 is 25.9. The second-order valence-corrected chi connectivity index (χ2v) is 9.24. The average molecular weight is 400 g/mol. The van der Waals surface area contributed by atoms with Gasteiger partial charge in [0.25, 0.3) is 0 Å².